The molecule has 0 unspecified atom stereocenters. The number of rotatable bonds is 3. The van der Waals surface area contributed by atoms with Crippen molar-refractivity contribution in [2.24, 2.45) is 4.36 Å². The normalized spacial score (nSPS) is 10.6. The zero-order valence-corrected chi connectivity index (χ0v) is 10.2. The number of alkyl halides is 3. The second-order valence-electron chi connectivity index (χ2n) is 2.71. The molecule has 0 spiro atoms. The van der Waals surface area contributed by atoms with Crippen LogP contribution in [0.3, 0.4) is 0 Å². The Kier molecular flexibility index (Phi) is 4.73. The monoisotopic (exact) mass is 315 g/mol. The second kappa shape index (κ2) is 6.09. The maximum Gasteiger partial charge on any atom is 0.575 e. The van der Waals surface area contributed by atoms with E-state index in [2.05, 4.69) is 28.8 Å². The number of methoxy groups -OCH3 is 1. The van der Waals surface area contributed by atoms with E-state index in [1.54, 1.807) is 5.32 Å². The van der Waals surface area contributed by atoms with Gasteiger partial charge in [-0.15, -0.1) is 18.2 Å². The summed E-state index contributed by atoms with van der Waals surface area (Å²) in [6.45, 7) is 0. The van der Waals surface area contributed by atoms with Crippen molar-refractivity contribution in [2.75, 3.05) is 12.4 Å². The molecule has 0 saturated heterocycles. The van der Waals surface area contributed by atoms with Gasteiger partial charge in [-0.25, -0.2) is 4.79 Å². The van der Waals surface area contributed by atoms with Gasteiger partial charge in [-0.1, -0.05) is 4.36 Å². The SMILES string of the molecule is COc1nc(NC(=O)N=S(=O)=O)nc(OC(F)(F)F)n1. The molecule has 0 aliphatic rings. The lowest BCUT2D eigenvalue weighted by molar-refractivity contribution is -0.277. The molecule has 0 aliphatic heterocycles. The number of carbonyl (C=O) groups is 1. The summed E-state index contributed by atoms with van der Waals surface area (Å²) in [4.78, 5) is 20.5. The lowest BCUT2D eigenvalue weighted by Gasteiger charge is -2.08. The van der Waals surface area contributed by atoms with E-state index in [1.165, 1.54) is 0 Å². The van der Waals surface area contributed by atoms with Crippen LogP contribution in [0, 0.1) is 0 Å². The van der Waals surface area contributed by atoms with Crippen molar-refractivity contribution in [3.8, 4) is 12.0 Å². The fourth-order valence-electron chi connectivity index (χ4n) is 0.821. The highest BCUT2D eigenvalue weighted by atomic mass is 32.2. The Bertz CT molecular complexity index is 637. The summed E-state index contributed by atoms with van der Waals surface area (Å²) in [5.74, 6) is -0.740. The van der Waals surface area contributed by atoms with Crippen molar-refractivity contribution in [3.05, 3.63) is 0 Å². The van der Waals surface area contributed by atoms with Crippen molar-refractivity contribution in [1.82, 2.24) is 15.0 Å². The largest absolute Gasteiger partial charge is 0.575 e. The molecule has 20 heavy (non-hydrogen) atoms. The van der Waals surface area contributed by atoms with E-state index >= 15 is 0 Å². The topological polar surface area (TPSA) is 133 Å². The molecule has 0 aromatic carbocycles. The quantitative estimate of drug-likeness (QED) is 0.846. The van der Waals surface area contributed by atoms with E-state index in [9.17, 15) is 26.4 Å². The van der Waals surface area contributed by atoms with Crippen molar-refractivity contribution in [2.45, 2.75) is 6.36 Å². The standard InChI is InChI=1S/C6H4F3N5O5S/c1-18-4-11-2(10-3(15)14-20(16)17)12-5(13-4)19-6(7,8)9/h1H3,(H,10,11,12,13,15). The summed E-state index contributed by atoms with van der Waals surface area (Å²) in [5, 5.41) is 1.69. The van der Waals surface area contributed by atoms with Gasteiger partial charge in [0.05, 0.1) is 7.11 Å². The molecule has 14 heteroatoms. The first-order valence-electron chi connectivity index (χ1n) is 4.37. The number of halogens is 3. The van der Waals surface area contributed by atoms with Crippen molar-refractivity contribution < 1.29 is 35.9 Å². The van der Waals surface area contributed by atoms with Crippen LogP contribution in [0.4, 0.5) is 23.9 Å². The average Bonchev–Trinajstić information content (AvgIpc) is 2.24. The summed E-state index contributed by atoms with van der Waals surface area (Å²) in [6.07, 6.45) is -5.07. The first-order valence-corrected chi connectivity index (χ1v) is 5.40. The molecule has 0 aliphatic carbocycles. The van der Waals surface area contributed by atoms with Gasteiger partial charge in [0.1, 0.15) is 0 Å². The number of amides is 2. The van der Waals surface area contributed by atoms with Gasteiger partial charge < -0.3 is 9.47 Å². The number of carbonyl (C=O) groups excluding carboxylic acids is 1. The molecule has 0 atom stereocenters. The number of anilines is 1. The predicted molar refractivity (Wildman–Crippen MR) is 53.4 cm³/mol. The van der Waals surface area contributed by atoms with Crippen LogP contribution >= 0.6 is 0 Å². The summed E-state index contributed by atoms with van der Waals surface area (Å²) >= 11 is 0. The van der Waals surface area contributed by atoms with Gasteiger partial charge in [-0.05, 0) is 0 Å². The maximum atomic E-state index is 12.0. The lowest BCUT2D eigenvalue weighted by Crippen LogP contribution is -2.20. The fourth-order valence-corrected chi connectivity index (χ4v) is 1.00. The van der Waals surface area contributed by atoms with Gasteiger partial charge >= 0.3 is 34.9 Å². The third-order valence-electron chi connectivity index (χ3n) is 1.36. The van der Waals surface area contributed by atoms with Crippen LogP contribution < -0.4 is 14.8 Å². The van der Waals surface area contributed by atoms with E-state index < -0.39 is 40.9 Å². The fraction of sp³-hybridized carbons (Fsp3) is 0.333. The molecule has 0 radical (unpaired) electrons. The average molecular weight is 315 g/mol. The minimum Gasteiger partial charge on any atom is -0.467 e. The van der Waals surface area contributed by atoms with Crippen LogP contribution in [0.1, 0.15) is 0 Å². The van der Waals surface area contributed by atoms with Gasteiger partial charge in [0, 0.05) is 0 Å². The Labute approximate surface area is 109 Å². The van der Waals surface area contributed by atoms with Gasteiger partial charge in [0.25, 0.3) is 0 Å². The molecule has 110 valence electrons. The number of ether oxygens (including phenoxy) is 2. The van der Waals surface area contributed by atoms with Gasteiger partial charge in [-0.3, -0.25) is 5.32 Å². The number of urea groups is 1. The molecule has 1 aromatic heterocycles. The molecule has 0 bridgehead atoms. The van der Waals surface area contributed by atoms with E-state index in [1.807, 2.05) is 0 Å². The zero-order chi connectivity index (χ0) is 15.3. The van der Waals surface area contributed by atoms with Gasteiger partial charge in [-0.2, -0.15) is 18.4 Å². The molecule has 1 aromatic rings. The molecule has 2 amide bonds. The number of hydrogen-bond donors (Lipinski definition) is 1. The highest BCUT2D eigenvalue weighted by Crippen LogP contribution is 2.21. The Balaban J connectivity index is 3.04. The first kappa shape index (κ1) is 15.5. The summed E-state index contributed by atoms with van der Waals surface area (Å²) in [5.41, 5.74) is 0. The Morgan fingerprint density at radius 1 is 1.25 bits per heavy atom. The molecule has 0 fully saturated rings. The van der Waals surface area contributed by atoms with Gasteiger partial charge in [0.2, 0.25) is 5.95 Å². The smallest absolute Gasteiger partial charge is 0.467 e. The molecule has 1 N–H and O–H groups in total. The predicted octanol–water partition coefficient (Wildman–Crippen LogP) is 0.373. The van der Waals surface area contributed by atoms with Crippen LogP contribution in [0.2, 0.25) is 0 Å². The summed E-state index contributed by atoms with van der Waals surface area (Å²) < 4.78 is 66.5. The highest BCUT2D eigenvalue weighted by molar-refractivity contribution is 7.62. The minimum atomic E-state index is -5.07. The third kappa shape index (κ3) is 5.42. The van der Waals surface area contributed by atoms with E-state index in [0.717, 1.165) is 7.11 Å². The third-order valence-corrected chi connectivity index (χ3v) is 1.68. The van der Waals surface area contributed by atoms with E-state index in [0.29, 0.717) is 0 Å². The molecule has 1 heterocycles. The Morgan fingerprint density at radius 3 is 2.35 bits per heavy atom. The van der Waals surface area contributed by atoms with Crippen LogP contribution in [0.5, 0.6) is 12.0 Å². The molecular formula is C6H4F3N5O5S. The molecule has 10 nitrogen and oxygen atoms in total. The van der Waals surface area contributed by atoms with E-state index in [4.69, 9.17) is 0 Å². The Morgan fingerprint density at radius 2 is 1.85 bits per heavy atom. The Hall–Kier alpha value is -2.51. The van der Waals surface area contributed by atoms with Crippen LogP contribution in [0.25, 0.3) is 0 Å². The number of hydrogen-bond acceptors (Lipinski definition) is 8. The minimum absolute atomic E-state index is 0.599. The van der Waals surface area contributed by atoms with Crippen molar-refractivity contribution in [1.29, 1.82) is 0 Å². The number of nitrogens with zero attached hydrogens (tertiary/aromatic N) is 4. The van der Waals surface area contributed by atoms with Crippen molar-refractivity contribution in [3.63, 3.8) is 0 Å². The van der Waals surface area contributed by atoms with Crippen LogP contribution in [0.15, 0.2) is 4.36 Å². The van der Waals surface area contributed by atoms with Crippen molar-refractivity contribution >= 4 is 22.5 Å². The highest BCUT2D eigenvalue weighted by Gasteiger charge is 2.33. The van der Waals surface area contributed by atoms with E-state index in [-0.39, 0.29) is 0 Å². The summed E-state index contributed by atoms with van der Waals surface area (Å²) in [6, 6.07) is -3.23. The zero-order valence-electron chi connectivity index (χ0n) is 9.37. The van der Waals surface area contributed by atoms with Crippen LogP contribution in [-0.2, 0) is 10.5 Å². The van der Waals surface area contributed by atoms with Crippen LogP contribution in [-0.4, -0.2) is 42.9 Å². The number of nitrogens with one attached hydrogen (secondary N) is 1. The first-order chi connectivity index (χ1) is 9.19. The maximum absolute atomic E-state index is 12.0. The molecular weight excluding hydrogens is 311 g/mol. The molecule has 0 saturated carbocycles. The van der Waals surface area contributed by atoms with Gasteiger partial charge in [0.15, 0.2) is 0 Å². The summed E-state index contributed by atoms with van der Waals surface area (Å²) in [7, 11) is -2.01. The molecule has 1 rings (SSSR count). The number of aromatic nitrogens is 3. The lowest BCUT2D eigenvalue weighted by atomic mass is 10.8. The second-order valence-corrected chi connectivity index (χ2v) is 3.33.